The highest BCUT2D eigenvalue weighted by Crippen LogP contribution is 2.63. The molecule has 0 aromatic carbocycles. The smallest absolute Gasteiger partial charge is 0.205 e. The van der Waals surface area contributed by atoms with Crippen LogP contribution in [0.5, 0.6) is 0 Å². The molecule has 1 saturated carbocycles. The molecule has 0 aliphatic heterocycles. The average Bonchev–Trinajstić information content (AvgIpc) is 2.49. The third-order valence-corrected chi connectivity index (χ3v) is 5.44. The fraction of sp³-hybridized carbons (Fsp3) is 0.667. The first-order valence-corrected chi connectivity index (χ1v) is 8.03. The maximum Gasteiger partial charge on any atom is 0.311 e. The summed E-state index contributed by atoms with van der Waals surface area (Å²) in [5.41, 5.74) is -2.16. The molecular weight excluding hydrogens is 273 g/mol. The molecule has 0 N–H and O–H groups in total. The molecule has 1 fully saturated rings. The predicted octanol–water partition coefficient (Wildman–Crippen LogP) is 6.36. The van der Waals surface area contributed by atoms with Gasteiger partial charge in [0.1, 0.15) is 0 Å². The van der Waals surface area contributed by atoms with Crippen molar-refractivity contribution >= 4 is 0 Å². The molecule has 0 aromatic heterocycles. The van der Waals surface area contributed by atoms with Crippen molar-refractivity contribution in [3.63, 3.8) is 0 Å². The summed E-state index contributed by atoms with van der Waals surface area (Å²) in [4.78, 5) is 0. The summed E-state index contributed by atoms with van der Waals surface area (Å²) in [6.07, 6.45) is 12.1. The lowest BCUT2D eigenvalue weighted by Crippen LogP contribution is -2.53. The van der Waals surface area contributed by atoms with Gasteiger partial charge in [-0.15, -0.1) is 6.58 Å². The zero-order chi connectivity index (χ0) is 15.6. The standard InChI is InChI=1S/C18H25F3/c1-3-5-11-16(12-7-6-8-13-16)17(4-2)14-9-10-15(19)18(17,20)21/h4,9-10,14H,2-3,5-8,11-13H2,1H3. The summed E-state index contributed by atoms with van der Waals surface area (Å²) in [7, 11) is 0. The van der Waals surface area contributed by atoms with Crippen molar-refractivity contribution in [1.82, 2.24) is 0 Å². The van der Waals surface area contributed by atoms with Gasteiger partial charge in [0.25, 0.3) is 0 Å². The molecule has 1 unspecified atom stereocenters. The molecule has 0 radical (unpaired) electrons. The maximum atomic E-state index is 14.8. The molecule has 1 atom stereocenters. The zero-order valence-corrected chi connectivity index (χ0v) is 12.8. The molecule has 0 spiro atoms. The van der Waals surface area contributed by atoms with Crippen molar-refractivity contribution < 1.29 is 13.2 Å². The number of hydrogen-bond donors (Lipinski definition) is 0. The van der Waals surface area contributed by atoms with Crippen LogP contribution in [0.2, 0.25) is 0 Å². The molecule has 0 aromatic rings. The fourth-order valence-electron chi connectivity index (χ4n) is 4.23. The Morgan fingerprint density at radius 1 is 1.24 bits per heavy atom. The van der Waals surface area contributed by atoms with Gasteiger partial charge in [-0.3, -0.25) is 0 Å². The Morgan fingerprint density at radius 2 is 1.90 bits per heavy atom. The lowest BCUT2D eigenvalue weighted by molar-refractivity contribution is -0.134. The normalized spacial score (nSPS) is 30.8. The number of hydrogen-bond acceptors (Lipinski definition) is 0. The molecule has 118 valence electrons. The van der Waals surface area contributed by atoms with Crippen LogP contribution >= 0.6 is 0 Å². The molecule has 2 aliphatic rings. The van der Waals surface area contributed by atoms with Gasteiger partial charge >= 0.3 is 5.92 Å². The minimum Gasteiger partial charge on any atom is -0.205 e. The Morgan fingerprint density at radius 3 is 2.48 bits per heavy atom. The largest absolute Gasteiger partial charge is 0.311 e. The second kappa shape index (κ2) is 6.02. The van der Waals surface area contributed by atoms with E-state index >= 15 is 0 Å². The average molecular weight is 298 g/mol. The lowest BCUT2D eigenvalue weighted by Gasteiger charge is -2.54. The van der Waals surface area contributed by atoms with E-state index in [0.717, 1.165) is 51.0 Å². The van der Waals surface area contributed by atoms with Gasteiger partial charge in [0.05, 0.1) is 5.41 Å². The number of alkyl halides is 2. The molecule has 2 aliphatic carbocycles. The van der Waals surface area contributed by atoms with E-state index in [1.165, 1.54) is 18.2 Å². The van der Waals surface area contributed by atoms with Gasteiger partial charge in [-0.25, -0.2) is 4.39 Å². The highest BCUT2D eigenvalue weighted by molar-refractivity contribution is 5.36. The number of halogens is 3. The Bertz CT molecular complexity index is 441. The SMILES string of the molecule is C=CC1(C2(CCCC)CCCCC2)C=CC=C(F)C1(F)F. The molecule has 3 heteroatoms. The van der Waals surface area contributed by atoms with E-state index in [-0.39, 0.29) is 0 Å². The van der Waals surface area contributed by atoms with Gasteiger partial charge in [-0.1, -0.05) is 57.3 Å². The van der Waals surface area contributed by atoms with E-state index < -0.39 is 22.6 Å². The molecule has 0 bridgehead atoms. The van der Waals surface area contributed by atoms with E-state index in [2.05, 4.69) is 13.5 Å². The van der Waals surface area contributed by atoms with Crippen LogP contribution in [0.1, 0.15) is 58.3 Å². The van der Waals surface area contributed by atoms with Crippen LogP contribution in [-0.4, -0.2) is 5.92 Å². The van der Waals surface area contributed by atoms with Crippen LogP contribution in [-0.2, 0) is 0 Å². The number of unbranched alkanes of at least 4 members (excludes halogenated alkanes) is 1. The predicted molar refractivity (Wildman–Crippen MR) is 81.0 cm³/mol. The summed E-state index contributed by atoms with van der Waals surface area (Å²) in [6, 6.07) is 0. The van der Waals surface area contributed by atoms with E-state index in [4.69, 9.17) is 0 Å². The van der Waals surface area contributed by atoms with Gasteiger partial charge < -0.3 is 0 Å². The van der Waals surface area contributed by atoms with Crippen LogP contribution < -0.4 is 0 Å². The van der Waals surface area contributed by atoms with Crippen LogP contribution in [0.4, 0.5) is 13.2 Å². The van der Waals surface area contributed by atoms with E-state index in [0.29, 0.717) is 6.42 Å². The Hall–Kier alpha value is -0.990. The summed E-state index contributed by atoms with van der Waals surface area (Å²) in [5, 5.41) is 0. The lowest BCUT2D eigenvalue weighted by atomic mass is 9.51. The second-order valence-corrected chi connectivity index (χ2v) is 6.47. The monoisotopic (exact) mass is 298 g/mol. The van der Waals surface area contributed by atoms with Gasteiger partial charge in [0.15, 0.2) is 5.83 Å². The first-order valence-electron chi connectivity index (χ1n) is 8.03. The summed E-state index contributed by atoms with van der Waals surface area (Å²) in [6.45, 7) is 5.75. The zero-order valence-electron chi connectivity index (χ0n) is 12.8. The maximum absolute atomic E-state index is 14.8. The van der Waals surface area contributed by atoms with Crippen molar-refractivity contribution in [2.24, 2.45) is 10.8 Å². The molecule has 0 saturated heterocycles. The van der Waals surface area contributed by atoms with E-state index in [1.54, 1.807) is 0 Å². The molecular formula is C18H25F3. The van der Waals surface area contributed by atoms with Crippen molar-refractivity contribution in [2.45, 2.75) is 64.2 Å². The Kier molecular flexibility index (Phi) is 4.69. The van der Waals surface area contributed by atoms with Crippen molar-refractivity contribution in [3.05, 3.63) is 36.7 Å². The highest BCUT2D eigenvalue weighted by atomic mass is 19.3. The summed E-state index contributed by atoms with van der Waals surface area (Å²) < 4.78 is 43.5. The highest BCUT2D eigenvalue weighted by Gasteiger charge is 2.64. The minimum atomic E-state index is -3.49. The number of allylic oxidation sites excluding steroid dienone is 5. The van der Waals surface area contributed by atoms with E-state index in [1.807, 2.05) is 0 Å². The van der Waals surface area contributed by atoms with Crippen molar-refractivity contribution in [3.8, 4) is 0 Å². The van der Waals surface area contributed by atoms with Crippen LogP contribution in [0.25, 0.3) is 0 Å². The third kappa shape index (κ3) is 2.39. The minimum absolute atomic E-state index is 0.575. The van der Waals surface area contributed by atoms with Gasteiger partial charge in [0, 0.05) is 0 Å². The molecule has 2 rings (SSSR count). The fourth-order valence-corrected chi connectivity index (χ4v) is 4.23. The Balaban J connectivity index is 2.51. The Labute approximate surface area is 125 Å². The van der Waals surface area contributed by atoms with Gasteiger partial charge in [-0.05, 0) is 30.8 Å². The third-order valence-electron chi connectivity index (χ3n) is 5.44. The molecule has 0 nitrogen and oxygen atoms in total. The molecule has 21 heavy (non-hydrogen) atoms. The van der Waals surface area contributed by atoms with Crippen molar-refractivity contribution in [1.29, 1.82) is 0 Å². The van der Waals surface area contributed by atoms with E-state index in [9.17, 15) is 13.2 Å². The second-order valence-electron chi connectivity index (χ2n) is 6.47. The summed E-state index contributed by atoms with van der Waals surface area (Å²) in [5.74, 6) is -4.82. The van der Waals surface area contributed by atoms with Crippen LogP contribution in [0, 0.1) is 10.8 Å². The number of rotatable bonds is 5. The summed E-state index contributed by atoms with van der Waals surface area (Å²) >= 11 is 0. The van der Waals surface area contributed by atoms with Gasteiger partial charge in [-0.2, -0.15) is 8.78 Å². The molecule has 0 heterocycles. The quantitative estimate of drug-likeness (QED) is 0.518. The van der Waals surface area contributed by atoms with Gasteiger partial charge in [0.2, 0.25) is 0 Å². The van der Waals surface area contributed by atoms with Crippen LogP contribution in [0.3, 0.4) is 0 Å². The first kappa shape index (κ1) is 16.4. The van der Waals surface area contributed by atoms with Crippen LogP contribution in [0.15, 0.2) is 36.7 Å². The topological polar surface area (TPSA) is 0 Å². The first-order chi connectivity index (χ1) is 9.96. The van der Waals surface area contributed by atoms with Crippen molar-refractivity contribution in [2.75, 3.05) is 0 Å². The molecule has 0 amide bonds.